The van der Waals surface area contributed by atoms with Gasteiger partial charge in [-0.2, -0.15) is 0 Å². The monoisotopic (exact) mass is 370 g/mol. The Bertz CT molecular complexity index is 286. The van der Waals surface area contributed by atoms with Crippen LogP contribution < -0.4 is 0 Å². The third kappa shape index (κ3) is 2.11. The first-order valence-corrected chi connectivity index (χ1v) is 8.62. The molecule has 0 aromatic heterocycles. The maximum atomic E-state index is 2.44. The summed E-state index contributed by atoms with van der Waals surface area (Å²) in [6.45, 7) is 4.65. The molecule has 2 aliphatic carbocycles. The summed E-state index contributed by atoms with van der Waals surface area (Å²) in [6.07, 6.45) is 21.2. The number of hydrogen-bond donors (Lipinski definition) is 0. The van der Waals surface area contributed by atoms with Crippen LogP contribution in [0.4, 0.5) is 0 Å². The van der Waals surface area contributed by atoms with Gasteiger partial charge in [0.1, 0.15) is 0 Å². The van der Waals surface area contributed by atoms with Crippen molar-refractivity contribution < 1.29 is 18.6 Å². The zero-order valence-corrected chi connectivity index (χ0v) is 12.4. The fourth-order valence-electron chi connectivity index (χ4n) is 2.09. The van der Waals surface area contributed by atoms with Crippen molar-refractivity contribution in [3.63, 3.8) is 0 Å². The van der Waals surface area contributed by atoms with Gasteiger partial charge in [0.25, 0.3) is 0 Å². The molecule has 15 heavy (non-hydrogen) atoms. The normalized spacial score (nSPS) is 24.1. The summed E-state index contributed by atoms with van der Waals surface area (Å²) in [4.78, 5) is 0. The van der Waals surface area contributed by atoms with E-state index in [1.165, 1.54) is 12.8 Å². The maximum absolute atomic E-state index is 2.44. The summed E-state index contributed by atoms with van der Waals surface area (Å²) in [5.74, 6) is 0. The first-order chi connectivity index (χ1) is 7.24. The van der Waals surface area contributed by atoms with E-state index in [0.29, 0.717) is 7.61 Å². The second-order valence-electron chi connectivity index (χ2n) is 4.16. The van der Waals surface area contributed by atoms with E-state index in [1.807, 2.05) is 0 Å². The van der Waals surface area contributed by atoms with Crippen LogP contribution in [0.3, 0.4) is 0 Å². The Hall–Kier alpha value is -0.352. The molecule has 1 heteroatoms. The van der Waals surface area contributed by atoms with E-state index in [4.69, 9.17) is 0 Å². The summed E-state index contributed by atoms with van der Waals surface area (Å²) in [5.41, 5.74) is 0. The molecule has 0 nitrogen and oxygen atoms in total. The van der Waals surface area contributed by atoms with Crippen LogP contribution in [0.5, 0.6) is 0 Å². The summed E-state index contributed by atoms with van der Waals surface area (Å²) in [5, 5.41) is 0. The molecular weight excluding hydrogens is 352 g/mol. The molecule has 0 atom stereocenters. The average molecular weight is 370 g/mol. The molecule has 0 aliphatic heterocycles. The van der Waals surface area contributed by atoms with Crippen molar-refractivity contribution in [1.82, 2.24) is 0 Å². The van der Waals surface area contributed by atoms with Crippen LogP contribution in [0.1, 0.15) is 26.7 Å². The molecule has 0 bridgehead atoms. The van der Waals surface area contributed by atoms with Gasteiger partial charge >= 0.3 is 101 Å². The Morgan fingerprint density at radius 1 is 0.733 bits per heavy atom. The van der Waals surface area contributed by atoms with Gasteiger partial charge in [-0.25, -0.2) is 0 Å². The molecule has 0 unspecified atom stereocenters. The fraction of sp³-hybridized carbons (Fsp3) is 0.429. The average Bonchev–Trinajstić information content (AvgIpc) is 2.89. The first-order valence-electron chi connectivity index (χ1n) is 5.68. The Kier molecular flexibility index (Phi) is 3.16. The third-order valence-corrected chi connectivity index (χ3v) is 9.98. The SMILES string of the molecule is CC[C]1([W][C]2(CC)C=CC=C2)C=CC=C1. The summed E-state index contributed by atoms with van der Waals surface area (Å²) in [7, 11) is 0. The van der Waals surface area contributed by atoms with E-state index in [1.54, 1.807) is 0 Å². The standard InChI is InChI=1S/2C7H9.W/c2*1-2-7-5-3-4-6-7;/h2*3-6H,2H2,1H3;. The molecule has 80 valence electrons. The van der Waals surface area contributed by atoms with Crippen molar-refractivity contribution in [2.45, 2.75) is 34.3 Å². The van der Waals surface area contributed by atoms with Crippen molar-refractivity contribution in [2.75, 3.05) is 0 Å². The Balaban J connectivity index is 2.19. The van der Waals surface area contributed by atoms with E-state index in [-0.39, 0.29) is 0 Å². The molecule has 0 radical (unpaired) electrons. The predicted molar refractivity (Wildman–Crippen MR) is 62.5 cm³/mol. The van der Waals surface area contributed by atoms with Gasteiger partial charge in [0.15, 0.2) is 0 Å². The van der Waals surface area contributed by atoms with Crippen LogP contribution in [-0.4, -0.2) is 0 Å². The van der Waals surface area contributed by atoms with Crippen LogP contribution in [0.25, 0.3) is 0 Å². The summed E-state index contributed by atoms with van der Waals surface area (Å²) in [6, 6.07) is 0. The van der Waals surface area contributed by atoms with Gasteiger partial charge in [-0.3, -0.25) is 0 Å². The number of allylic oxidation sites excluding steroid dienone is 8. The summed E-state index contributed by atoms with van der Waals surface area (Å²) < 4.78 is 0.935. The molecule has 0 amide bonds. The van der Waals surface area contributed by atoms with Gasteiger partial charge < -0.3 is 0 Å². The molecule has 0 aromatic rings. The van der Waals surface area contributed by atoms with Crippen molar-refractivity contribution in [2.24, 2.45) is 0 Å². The zero-order chi connectivity index (χ0) is 10.8. The van der Waals surface area contributed by atoms with Crippen LogP contribution in [0.2, 0.25) is 7.61 Å². The van der Waals surface area contributed by atoms with E-state index in [9.17, 15) is 0 Å². The van der Waals surface area contributed by atoms with E-state index in [0.717, 1.165) is 0 Å². The molecule has 0 fully saturated rings. The first kappa shape index (κ1) is 11.1. The van der Waals surface area contributed by atoms with E-state index >= 15 is 0 Å². The van der Waals surface area contributed by atoms with Gasteiger partial charge in [-0.15, -0.1) is 0 Å². The molecule has 0 aromatic carbocycles. The van der Waals surface area contributed by atoms with E-state index in [2.05, 4.69) is 62.5 Å². The van der Waals surface area contributed by atoms with E-state index < -0.39 is 18.6 Å². The second-order valence-corrected chi connectivity index (χ2v) is 10.4. The quantitative estimate of drug-likeness (QED) is 0.686. The Labute approximate surface area is 101 Å². The molecule has 0 heterocycles. The second kappa shape index (κ2) is 4.26. The zero-order valence-electron chi connectivity index (χ0n) is 9.44. The van der Waals surface area contributed by atoms with Gasteiger partial charge in [0.05, 0.1) is 0 Å². The molecule has 0 N–H and O–H groups in total. The molecule has 0 saturated carbocycles. The number of hydrogen-bond acceptors (Lipinski definition) is 0. The Morgan fingerprint density at radius 3 is 1.33 bits per heavy atom. The van der Waals surface area contributed by atoms with Crippen molar-refractivity contribution in [3.8, 4) is 0 Å². The van der Waals surface area contributed by atoms with Crippen molar-refractivity contribution in [1.29, 1.82) is 0 Å². The van der Waals surface area contributed by atoms with Gasteiger partial charge in [0.2, 0.25) is 0 Å². The van der Waals surface area contributed by atoms with Crippen molar-refractivity contribution >= 4 is 0 Å². The van der Waals surface area contributed by atoms with Crippen molar-refractivity contribution in [3.05, 3.63) is 48.6 Å². The summed E-state index contributed by atoms with van der Waals surface area (Å²) >= 11 is -0.479. The third-order valence-electron chi connectivity index (χ3n) is 3.22. The Morgan fingerprint density at radius 2 is 1.07 bits per heavy atom. The number of rotatable bonds is 4. The van der Waals surface area contributed by atoms with Gasteiger partial charge in [0, 0.05) is 0 Å². The van der Waals surface area contributed by atoms with Crippen LogP contribution in [-0.2, 0) is 18.6 Å². The predicted octanol–water partition coefficient (Wildman–Crippen LogP) is 4.46. The molecule has 0 spiro atoms. The van der Waals surface area contributed by atoms with Gasteiger partial charge in [-0.1, -0.05) is 0 Å². The van der Waals surface area contributed by atoms with Crippen LogP contribution in [0.15, 0.2) is 48.6 Å². The minimum atomic E-state index is -0.479. The molecule has 2 rings (SSSR count). The topological polar surface area (TPSA) is 0 Å². The van der Waals surface area contributed by atoms with Crippen LogP contribution in [0, 0.1) is 0 Å². The molecular formula is C14H18W. The fourth-order valence-corrected chi connectivity index (χ4v) is 7.78. The molecule has 0 saturated heterocycles. The van der Waals surface area contributed by atoms with Crippen LogP contribution >= 0.6 is 0 Å². The minimum absolute atomic E-state index is 0.467. The van der Waals surface area contributed by atoms with Gasteiger partial charge in [-0.05, 0) is 0 Å². The molecule has 2 aliphatic rings.